The van der Waals surface area contributed by atoms with Crippen molar-refractivity contribution in [3.63, 3.8) is 0 Å². The molecule has 3 rings (SSSR count). The fraction of sp³-hybridized carbons (Fsp3) is 0.381. The maximum atomic E-state index is 14.6. The van der Waals surface area contributed by atoms with Gasteiger partial charge in [0.25, 0.3) is 0 Å². The Balaban J connectivity index is 2.19. The van der Waals surface area contributed by atoms with E-state index in [-0.39, 0.29) is 17.5 Å². The Morgan fingerprint density at radius 1 is 0.643 bits per heavy atom. The molecular formula is C21H9F16NO3S. The number of halogens is 16. The summed E-state index contributed by atoms with van der Waals surface area (Å²) in [4.78, 5) is 0. The number of fused-ring (bicyclic) bond motifs is 3. The highest BCUT2D eigenvalue weighted by Crippen LogP contribution is 2.55. The Morgan fingerprint density at radius 2 is 1.14 bits per heavy atom. The van der Waals surface area contributed by atoms with Gasteiger partial charge in [-0.3, -0.25) is 4.28 Å². The zero-order valence-corrected chi connectivity index (χ0v) is 20.2. The zero-order chi connectivity index (χ0) is 32.5. The molecule has 21 heteroatoms. The highest BCUT2D eigenvalue weighted by molar-refractivity contribution is 7.87. The molecule has 2 aromatic rings. The van der Waals surface area contributed by atoms with Gasteiger partial charge in [0.2, 0.25) is 0 Å². The summed E-state index contributed by atoms with van der Waals surface area (Å²) >= 11 is 0. The molecular weight excluding hydrogens is 650 g/mol. The number of rotatable bonds is 8. The summed E-state index contributed by atoms with van der Waals surface area (Å²) in [6, 6.07) is 7.37. The van der Waals surface area contributed by atoms with Crippen molar-refractivity contribution in [3.05, 3.63) is 59.2 Å². The van der Waals surface area contributed by atoms with Gasteiger partial charge in [0.05, 0.1) is 0 Å². The van der Waals surface area contributed by atoms with Gasteiger partial charge in [0, 0.05) is 5.56 Å². The van der Waals surface area contributed by atoms with Crippen LogP contribution in [0.2, 0.25) is 0 Å². The average molecular weight is 659 g/mol. The molecule has 1 aliphatic carbocycles. The van der Waals surface area contributed by atoms with Crippen LogP contribution >= 0.6 is 0 Å². The molecule has 0 bridgehead atoms. The summed E-state index contributed by atoms with van der Waals surface area (Å²) in [5.41, 5.74) is -3.86. The fourth-order valence-corrected chi connectivity index (χ4v) is 4.27. The lowest BCUT2D eigenvalue weighted by Crippen LogP contribution is -2.63. The molecule has 0 aromatic heterocycles. The monoisotopic (exact) mass is 659 g/mol. The van der Waals surface area contributed by atoms with Crippen LogP contribution < -0.4 is 0 Å². The molecule has 42 heavy (non-hydrogen) atoms. The van der Waals surface area contributed by atoms with E-state index in [1.807, 2.05) is 0 Å². The molecule has 2 aromatic carbocycles. The first-order valence-corrected chi connectivity index (χ1v) is 11.8. The Bertz CT molecular complexity index is 1510. The predicted molar refractivity (Wildman–Crippen MR) is 108 cm³/mol. The van der Waals surface area contributed by atoms with Gasteiger partial charge in [-0.25, -0.2) is 0 Å². The zero-order valence-electron chi connectivity index (χ0n) is 19.4. The molecule has 0 saturated heterocycles. The summed E-state index contributed by atoms with van der Waals surface area (Å²) < 4.78 is 239. The van der Waals surface area contributed by atoms with Crippen LogP contribution in [0.1, 0.15) is 16.7 Å². The van der Waals surface area contributed by atoms with Gasteiger partial charge in [0.1, 0.15) is 0 Å². The fourth-order valence-electron chi connectivity index (χ4n) is 3.56. The van der Waals surface area contributed by atoms with Crippen LogP contribution in [0, 0.1) is 0 Å². The maximum absolute atomic E-state index is 14.6. The first-order chi connectivity index (χ1) is 18.6. The van der Waals surface area contributed by atoms with Crippen molar-refractivity contribution >= 4 is 15.8 Å². The minimum Gasteiger partial charge on any atom is -0.263 e. The van der Waals surface area contributed by atoms with E-state index in [1.54, 1.807) is 5.16 Å². The number of alkyl halides is 16. The topological polar surface area (TPSA) is 55.7 Å². The molecule has 0 radical (unpaired) electrons. The van der Waals surface area contributed by atoms with Crippen molar-refractivity contribution < 1.29 is 82.9 Å². The molecule has 234 valence electrons. The minimum absolute atomic E-state index is 0.128. The van der Waals surface area contributed by atoms with Crippen molar-refractivity contribution in [1.82, 2.24) is 0 Å². The van der Waals surface area contributed by atoms with E-state index in [1.165, 1.54) is 24.3 Å². The summed E-state index contributed by atoms with van der Waals surface area (Å²) in [7, 11) is -8.07. The van der Waals surface area contributed by atoms with Crippen LogP contribution in [0.4, 0.5) is 70.2 Å². The van der Waals surface area contributed by atoms with E-state index in [4.69, 9.17) is 0 Å². The highest BCUT2D eigenvalue weighted by atomic mass is 32.2. The smallest absolute Gasteiger partial charge is 0.263 e. The highest BCUT2D eigenvalue weighted by Gasteiger charge is 2.86. The minimum atomic E-state index is -8.07. The number of benzene rings is 2. The maximum Gasteiger partial charge on any atom is 0.460 e. The van der Waals surface area contributed by atoms with Gasteiger partial charge in [-0.15, -0.1) is 0 Å². The molecule has 1 aliphatic rings. The third-order valence-corrected chi connectivity index (χ3v) is 6.93. The van der Waals surface area contributed by atoms with E-state index in [9.17, 15) is 78.7 Å². The van der Waals surface area contributed by atoms with Crippen LogP contribution in [-0.2, 0) is 20.8 Å². The van der Waals surface area contributed by atoms with Crippen molar-refractivity contribution in [2.24, 2.45) is 5.16 Å². The van der Waals surface area contributed by atoms with Gasteiger partial charge in [0.15, 0.2) is 5.71 Å². The number of oxime groups is 1. The Morgan fingerprint density at radius 3 is 1.67 bits per heavy atom. The molecule has 0 atom stereocenters. The van der Waals surface area contributed by atoms with Gasteiger partial charge in [-0.1, -0.05) is 41.6 Å². The number of hydrogen-bond acceptors (Lipinski definition) is 4. The van der Waals surface area contributed by atoms with Crippen molar-refractivity contribution in [1.29, 1.82) is 0 Å². The van der Waals surface area contributed by atoms with E-state index in [0.29, 0.717) is 23.3 Å². The summed E-state index contributed by atoms with van der Waals surface area (Å²) in [5.74, 6) is -29.8. The lowest BCUT2D eigenvalue weighted by molar-refractivity contribution is -0.382. The molecule has 0 heterocycles. The molecule has 0 aliphatic heterocycles. The van der Waals surface area contributed by atoms with E-state index >= 15 is 0 Å². The van der Waals surface area contributed by atoms with Gasteiger partial charge < -0.3 is 0 Å². The van der Waals surface area contributed by atoms with Crippen molar-refractivity contribution in [2.45, 2.75) is 47.7 Å². The van der Waals surface area contributed by atoms with Crippen LogP contribution in [-0.4, -0.2) is 55.4 Å². The quantitative estimate of drug-likeness (QED) is 0.143. The van der Waals surface area contributed by atoms with Gasteiger partial charge in [-0.2, -0.15) is 78.7 Å². The SMILES string of the molecule is O=S(=O)(O/N=C(\c1ccc2c(c1)Cc1ccccc1-2)C(F)(F)C(F)(F)C(F)(F)F)C(F)(F)C(F)(F)C(F)(F)C(F)(F)F. The van der Waals surface area contributed by atoms with Crippen LogP contribution in [0.15, 0.2) is 47.6 Å². The third kappa shape index (κ3) is 4.81. The molecule has 4 nitrogen and oxygen atoms in total. The van der Waals surface area contributed by atoms with Gasteiger partial charge >= 0.3 is 51.4 Å². The standard InChI is InChI=1S/C21H9F16NO3S/c22-15(23,16(24,25)19(30,31)32)14(10-5-6-13-11(8-10)7-9-3-1-2-4-12(9)13)38-41-42(39,40)21(36,37)18(28,29)17(26,27)20(33,34)35/h1-6,8H,7H2/b38-14+. The molecule has 0 unspecified atom stereocenters. The Hall–Kier alpha value is -3.26. The van der Waals surface area contributed by atoms with E-state index in [2.05, 4.69) is 4.28 Å². The predicted octanol–water partition coefficient (Wildman–Crippen LogP) is 7.57. The van der Waals surface area contributed by atoms with Crippen LogP contribution in [0.25, 0.3) is 11.1 Å². The Labute approximate surface area is 222 Å². The third-order valence-electron chi connectivity index (χ3n) is 5.77. The average Bonchev–Trinajstić information content (AvgIpc) is 3.20. The molecule has 0 saturated carbocycles. The van der Waals surface area contributed by atoms with E-state index in [0.717, 1.165) is 6.07 Å². The van der Waals surface area contributed by atoms with Gasteiger partial charge in [-0.05, 0) is 34.7 Å². The summed E-state index contributed by atoms with van der Waals surface area (Å²) in [6.07, 6.45) is -14.9. The van der Waals surface area contributed by atoms with Crippen LogP contribution in [0.5, 0.6) is 0 Å². The summed E-state index contributed by atoms with van der Waals surface area (Å²) in [6.45, 7) is 0. The second kappa shape index (κ2) is 9.63. The van der Waals surface area contributed by atoms with Crippen LogP contribution in [0.3, 0.4) is 0 Å². The first-order valence-electron chi connectivity index (χ1n) is 10.4. The number of nitrogens with zero attached hydrogens (tertiary/aromatic N) is 1. The second-order valence-corrected chi connectivity index (χ2v) is 10.1. The second-order valence-electron chi connectivity index (χ2n) is 8.48. The Kier molecular flexibility index (Phi) is 7.62. The van der Waals surface area contributed by atoms with Crippen molar-refractivity contribution in [2.75, 3.05) is 0 Å². The molecule has 0 amide bonds. The lowest BCUT2D eigenvalue weighted by atomic mass is 9.95. The first kappa shape index (κ1) is 33.2. The summed E-state index contributed by atoms with van der Waals surface area (Å²) in [5, 5.41) is -6.11. The lowest BCUT2D eigenvalue weighted by Gasteiger charge is -2.32. The molecule has 0 N–H and O–H groups in total. The number of hydrogen-bond donors (Lipinski definition) is 0. The molecule has 0 spiro atoms. The largest absolute Gasteiger partial charge is 0.460 e. The van der Waals surface area contributed by atoms with Crippen molar-refractivity contribution in [3.8, 4) is 11.1 Å². The normalized spacial score (nSPS) is 15.9. The molecule has 0 fully saturated rings. The van der Waals surface area contributed by atoms with E-state index < -0.39 is 62.7 Å².